The Labute approximate surface area is 164 Å². The molecule has 0 aromatic carbocycles. The standard InChI is InChI=1S/C19H15N3O3S2/c1-2-25-19(24)17-12(11-26-18(17)22-16(23)8-9-20)14-6-7-15(27-14)13-5-3-4-10-21-13/h3-7,10-11H,2,8H2,1H3,(H,22,23). The highest BCUT2D eigenvalue weighted by molar-refractivity contribution is 7.20. The number of nitrogens with one attached hydrogen (secondary N) is 1. The molecule has 0 saturated heterocycles. The summed E-state index contributed by atoms with van der Waals surface area (Å²) in [5.74, 6) is -0.967. The van der Waals surface area contributed by atoms with Crippen molar-refractivity contribution in [1.29, 1.82) is 5.26 Å². The fourth-order valence-corrected chi connectivity index (χ4v) is 4.45. The SMILES string of the molecule is CCOC(=O)c1c(-c2ccc(-c3ccccn3)s2)csc1NC(=O)CC#N. The maximum atomic E-state index is 12.5. The Balaban J connectivity index is 1.99. The zero-order chi connectivity index (χ0) is 19.2. The van der Waals surface area contributed by atoms with Crippen LogP contribution in [0.15, 0.2) is 41.9 Å². The third-order valence-electron chi connectivity index (χ3n) is 3.55. The zero-order valence-electron chi connectivity index (χ0n) is 14.4. The van der Waals surface area contributed by atoms with Crippen molar-refractivity contribution >= 4 is 39.6 Å². The summed E-state index contributed by atoms with van der Waals surface area (Å²) in [5.41, 5.74) is 1.85. The first-order chi connectivity index (χ1) is 13.1. The number of anilines is 1. The van der Waals surface area contributed by atoms with E-state index in [9.17, 15) is 9.59 Å². The van der Waals surface area contributed by atoms with Crippen molar-refractivity contribution in [1.82, 2.24) is 4.98 Å². The molecule has 0 spiro atoms. The lowest BCUT2D eigenvalue weighted by Gasteiger charge is -2.07. The highest BCUT2D eigenvalue weighted by Gasteiger charge is 2.23. The lowest BCUT2D eigenvalue weighted by atomic mass is 10.1. The number of aromatic nitrogens is 1. The van der Waals surface area contributed by atoms with Crippen LogP contribution in [0, 0.1) is 11.3 Å². The van der Waals surface area contributed by atoms with E-state index in [1.807, 2.05) is 35.7 Å². The first-order valence-corrected chi connectivity index (χ1v) is 9.80. The molecular weight excluding hydrogens is 382 g/mol. The largest absolute Gasteiger partial charge is 0.462 e. The number of amides is 1. The van der Waals surface area contributed by atoms with Gasteiger partial charge < -0.3 is 10.1 Å². The average molecular weight is 397 g/mol. The monoisotopic (exact) mass is 397 g/mol. The van der Waals surface area contributed by atoms with Crippen LogP contribution in [0.3, 0.4) is 0 Å². The van der Waals surface area contributed by atoms with Crippen molar-refractivity contribution in [3.8, 4) is 27.1 Å². The number of esters is 1. The number of carbonyl (C=O) groups excluding carboxylic acids is 2. The van der Waals surface area contributed by atoms with Crippen LogP contribution in [-0.4, -0.2) is 23.5 Å². The summed E-state index contributed by atoms with van der Waals surface area (Å²) in [6.07, 6.45) is 1.45. The van der Waals surface area contributed by atoms with Gasteiger partial charge in [-0.05, 0) is 31.2 Å². The molecule has 0 aliphatic carbocycles. The van der Waals surface area contributed by atoms with E-state index in [1.54, 1.807) is 19.2 Å². The Morgan fingerprint density at radius 1 is 1.26 bits per heavy atom. The minimum Gasteiger partial charge on any atom is -0.462 e. The van der Waals surface area contributed by atoms with Gasteiger partial charge in [0.1, 0.15) is 17.0 Å². The van der Waals surface area contributed by atoms with Gasteiger partial charge in [-0.1, -0.05) is 6.07 Å². The van der Waals surface area contributed by atoms with Crippen LogP contribution >= 0.6 is 22.7 Å². The Kier molecular flexibility index (Phi) is 5.96. The first kappa shape index (κ1) is 18.8. The van der Waals surface area contributed by atoms with Gasteiger partial charge in [0.25, 0.3) is 0 Å². The van der Waals surface area contributed by atoms with Gasteiger partial charge in [0.15, 0.2) is 0 Å². The number of thiophene rings is 2. The second-order valence-corrected chi connectivity index (χ2v) is 7.30. The van der Waals surface area contributed by atoms with Crippen molar-refractivity contribution in [2.45, 2.75) is 13.3 Å². The topological polar surface area (TPSA) is 92.1 Å². The molecule has 1 N–H and O–H groups in total. The van der Waals surface area contributed by atoms with Crippen LogP contribution in [0.25, 0.3) is 21.0 Å². The Morgan fingerprint density at radius 2 is 2.07 bits per heavy atom. The maximum absolute atomic E-state index is 12.5. The van der Waals surface area contributed by atoms with E-state index in [0.29, 0.717) is 16.1 Å². The van der Waals surface area contributed by atoms with Crippen LogP contribution in [0.1, 0.15) is 23.7 Å². The third kappa shape index (κ3) is 4.22. The van der Waals surface area contributed by atoms with Crippen LogP contribution in [0.5, 0.6) is 0 Å². The molecule has 0 unspecified atom stereocenters. The van der Waals surface area contributed by atoms with Gasteiger partial charge in [0.05, 0.1) is 23.2 Å². The summed E-state index contributed by atoms with van der Waals surface area (Å²) >= 11 is 2.74. The molecule has 0 saturated carbocycles. The third-order valence-corrected chi connectivity index (χ3v) is 5.59. The molecule has 1 amide bonds. The van der Waals surface area contributed by atoms with Gasteiger partial charge >= 0.3 is 5.97 Å². The number of pyridine rings is 1. The average Bonchev–Trinajstić information content (AvgIpc) is 3.30. The smallest absolute Gasteiger partial charge is 0.341 e. The first-order valence-electron chi connectivity index (χ1n) is 8.11. The number of rotatable bonds is 6. The van der Waals surface area contributed by atoms with Crippen molar-refractivity contribution in [3.05, 3.63) is 47.5 Å². The summed E-state index contributed by atoms with van der Waals surface area (Å²) in [6.45, 7) is 1.95. The molecule has 0 radical (unpaired) electrons. The highest BCUT2D eigenvalue weighted by Crippen LogP contribution is 2.41. The lowest BCUT2D eigenvalue weighted by molar-refractivity contribution is -0.115. The predicted octanol–water partition coefficient (Wildman–Crippen LogP) is 4.57. The number of ether oxygens (including phenoxy) is 1. The molecular formula is C19H15N3O3S2. The molecule has 0 bridgehead atoms. The highest BCUT2D eigenvalue weighted by atomic mass is 32.1. The lowest BCUT2D eigenvalue weighted by Crippen LogP contribution is -2.13. The second kappa shape index (κ2) is 8.58. The van der Waals surface area contributed by atoms with Gasteiger partial charge in [-0.3, -0.25) is 9.78 Å². The summed E-state index contributed by atoms with van der Waals surface area (Å²) in [5, 5.41) is 13.5. The fourth-order valence-electron chi connectivity index (χ4n) is 2.41. The molecule has 0 fully saturated rings. The number of nitriles is 1. The molecule has 8 heteroatoms. The minimum atomic E-state index is -0.506. The van der Waals surface area contributed by atoms with Gasteiger partial charge in [-0.25, -0.2) is 4.79 Å². The van der Waals surface area contributed by atoms with Crippen molar-refractivity contribution < 1.29 is 14.3 Å². The molecule has 0 atom stereocenters. The van der Waals surface area contributed by atoms with Crippen LogP contribution in [-0.2, 0) is 9.53 Å². The molecule has 0 aliphatic rings. The molecule has 136 valence electrons. The van der Waals surface area contributed by atoms with E-state index < -0.39 is 11.9 Å². The molecule has 3 aromatic heterocycles. The van der Waals surface area contributed by atoms with E-state index in [4.69, 9.17) is 10.00 Å². The van der Waals surface area contributed by atoms with Gasteiger partial charge in [0.2, 0.25) is 5.91 Å². The van der Waals surface area contributed by atoms with E-state index in [0.717, 1.165) is 15.4 Å². The second-order valence-electron chi connectivity index (χ2n) is 5.34. The molecule has 6 nitrogen and oxygen atoms in total. The summed E-state index contributed by atoms with van der Waals surface area (Å²) < 4.78 is 5.17. The van der Waals surface area contributed by atoms with Crippen molar-refractivity contribution in [3.63, 3.8) is 0 Å². The Morgan fingerprint density at radius 3 is 2.78 bits per heavy atom. The number of hydrogen-bond donors (Lipinski definition) is 1. The zero-order valence-corrected chi connectivity index (χ0v) is 16.0. The fraction of sp³-hybridized carbons (Fsp3) is 0.158. The number of nitrogens with zero attached hydrogens (tertiary/aromatic N) is 2. The quantitative estimate of drug-likeness (QED) is 0.615. The molecule has 3 rings (SSSR count). The van der Waals surface area contributed by atoms with Crippen LogP contribution < -0.4 is 5.32 Å². The van der Waals surface area contributed by atoms with E-state index in [1.165, 1.54) is 22.7 Å². The summed E-state index contributed by atoms with van der Waals surface area (Å²) in [7, 11) is 0. The van der Waals surface area contributed by atoms with Crippen molar-refractivity contribution in [2.24, 2.45) is 0 Å². The molecule has 3 aromatic rings. The molecule has 3 heterocycles. The minimum absolute atomic E-state index is 0.226. The van der Waals surface area contributed by atoms with E-state index >= 15 is 0 Å². The van der Waals surface area contributed by atoms with Crippen molar-refractivity contribution in [2.75, 3.05) is 11.9 Å². The normalized spacial score (nSPS) is 10.2. The molecule has 0 aliphatic heterocycles. The van der Waals surface area contributed by atoms with Gasteiger partial charge in [-0.2, -0.15) is 5.26 Å². The van der Waals surface area contributed by atoms with Crippen LogP contribution in [0.2, 0.25) is 0 Å². The van der Waals surface area contributed by atoms with E-state index in [-0.39, 0.29) is 13.0 Å². The Bertz CT molecular complexity index is 1000. The summed E-state index contributed by atoms with van der Waals surface area (Å²) in [6, 6.07) is 11.3. The number of hydrogen-bond acceptors (Lipinski definition) is 7. The Hall–Kier alpha value is -3.02. The number of carbonyl (C=O) groups is 2. The van der Waals surface area contributed by atoms with Gasteiger partial charge in [-0.15, -0.1) is 22.7 Å². The van der Waals surface area contributed by atoms with Crippen LogP contribution in [0.4, 0.5) is 5.00 Å². The summed E-state index contributed by atoms with van der Waals surface area (Å²) in [4.78, 5) is 30.5. The predicted molar refractivity (Wildman–Crippen MR) is 106 cm³/mol. The molecule has 27 heavy (non-hydrogen) atoms. The van der Waals surface area contributed by atoms with Gasteiger partial charge in [0, 0.05) is 22.0 Å². The maximum Gasteiger partial charge on any atom is 0.341 e. The van der Waals surface area contributed by atoms with E-state index in [2.05, 4.69) is 10.3 Å².